The van der Waals surface area contributed by atoms with Gasteiger partial charge in [0.1, 0.15) is 0 Å². The summed E-state index contributed by atoms with van der Waals surface area (Å²) in [6.07, 6.45) is 0. The first-order chi connectivity index (χ1) is 6.18. The molecule has 2 aromatic rings. The molecule has 0 spiro atoms. The van der Waals surface area contributed by atoms with Crippen LogP contribution in [0.15, 0.2) is 18.2 Å². The van der Waals surface area contributed by atoms with Crippen molar-refractivity contribution in [3.8, 4) is 0 Å². The highest BCUT2D eigenvalue weighted by Gasteiger charge is 2.07. The molecular weight excluding hydrogens is 164 g/mol. The maximum atomic E-state index is 11.0. The van der Waals surface area contributed by atoms with Crippen molar-refractivity contribution in [1.82, 2.24) is 9.97 Å². The number of nitrogens with one attached hydrogen (secondary N) is 1. The number of hydrogen-bond acceptors (Lipinski definition) is 2. The van der Waals surface area contributed by atoms with E-state index >= 15 is 0 Å². The van der Waals surface area contributed by atoms with Crippen molar-refractivity contribution in [2.75, 3.05) is 0 Å². The first kappa shape index (κ1) is 7.98. The van der Waals surface area contributed by atoms with E-state index in [-0.39, 0.29) is 5.78 Å². The van der Waals surface area contributed by atoms with Crippen molar-refractivity contribution in [3.63, 3.8) is 0 Å². The van der Waals surface area contributed by atoms with E-state index < -0.39 is 0 Å². The van der Waals surface area contributed by atoms with Gasteiger partial charge in [-0.2, -0.15) is 0 Å². The first-order valence-corrected chi connectivity index (χ1v) is 4.15. The van der Waals surface area contributed by atoms with Crippen LogP contribution < -0.4 is 0 Å². The molecule has 0 atom stereocenters. The Morgan fingerprint density at radius 1 is 1.46 bits per heavy atom. The summed E-state index contributed by atoms with van der Waals surface area (Å²) in [4.78, 5) is 18.2. The van der Waals surface area contributed by atoms with Crippen molar-refractivity contribution in [2.45, 2.75) is 13.8 Å². The van der Waals surface area contributed by atoms with Crippen LogP contribution in [0.1, 0.15) is 23.1 Å². The maximum Gasteiger partial charge on any atom is 0.195 e. The second kappa shape index (κ2) is 2.69. The third-order valence-electron chi connectivity index (χ3n) is 2.05. The molecule has 3 nitrogen and oxygen atoms in total. The summed E-state index contributed by atoms with van der Waals surface area (Å²) in [5, 5.41) is 0. The van der Waals surface area contributed by atoms with E-state index in [1.54, 1.807) is 0 Å². The molecular formula is C10H10N2O. The van der Waals surface area contributed by atoms with Crippen LogP contribution in [-0.2, 0) is 0 Å². The highest BCUT2D eigenvalue weighted by Crippen LogP contribution is 2.15. The van der Waals surface area contributed by atoms with Gasteiger partial charge in [0.15, 0.2) is 11.6 Å². The molecule has 1 aromatic heterocycles. The van der Waals surface area contributed by atoms with E-state index in [0.29, 0.717) is 5.82 Å². The lowest BCUT2D eigenvalue weighted by molar-refractivity contribution is 0.100. The zero-order chi connectivity index (χ0) is 9.42. The number of carbonyl (C=O) groups is 1. The van der Waals surface area contributed by atoms with Gasteiger partial charge < -0.3 is 4.98 Å². The Morgan fingerprint density at radius 2 is 2.23 bits per heavy atom. The normalized spacial score (nSPS) is 10.6. The molecule has 1 N–H and O–H groups in total. The van der Waals surface area contributed by atoms with E-state index in [9.17, 15) is 4.79 Å². The van der Waals surface area contributed by atoms with Crippen LogP contribution >= 0.6 is 0 Å². The lowest BCUT2D eigenvalue weighted by atomic mass is 10.2. The summed E-state index contributed by atoms with van der Waals surface area (Å²) in [6, 6.07) is 5.84. The van der Waals surface area contributed by atoms with Gasteiger partial charge in [-0.3, -0.25) is 4.79 Å². The number of benzene rings is 1. The second-order valence-electron chi connectivity index (χ2n) is 3.11. The number of aromatic nitrogens is 2. The SMILES string of the molecule is CC(=O)c1nc2c(C)cccc2[nH]1. The average Bonchev–Trinajstić information content (AvgIpc) is 2.49. The molecule has 2 rings (SSSR count). The summed E-state index contributed by atoms with van der Waals surface area (Å²) < 4.78 is 0. The van der Waals surface area contributed by atoms with Gasteiger partial charge in [0.25, 0.3) is 0 Å². The van der Waals surface area contributed by atoms with Gasteiger partial charge in [0.2, 0.25) is 0 Å². The van der Waals surface area contributed by atoms with Crippen molar-refractivity contribution in [1.29, 1.82) is 0 Å². The van der Waals surface area contributed by atoms with Gasteiger partial charge >= 0.3 is 0 Å². The number of imidazole rings is 1. The molecule has 13 heavy (non-hydrogen) atoms. The molecule has 0 saturated carbocycles. The van der Waals surface area contributed by atoms with Gasteiger partial charge in [-0.15, -0.1) is 0 Å². The zero-order valence-corrected chi connectivity index (χ0v) is 7.59. The Hall–Kier alpha value is -1.64. The van der Waals surface area contributed by atoms with E-state index in [1.807, 2.05) is 25.1 Å². The van der Waals surface area contributed by atoms with E-state index in [0.717, 1.165) is 16.6 Å². The molecule has 0 saturated heterocycles. The molecule has 0 bridgehead atoms. The molecule has 1 aromatic carbocycles. The Labute approximate surface area is 75.8 Å². The van der Waals surface area contributed by atoms with Crippen LogP contribution in [0.3, 0.4) is 0 Å². The number of fused-ring (bicyclic) bond motifs is 1. The van der Waals surface area contributed by atoms with Crippen LogP contribution in [0.4, 0.5) is 0 Å². The smallest absolute Gasteiger partial charge is 0.195 e. The third-order valence-corrected chi connectivity index (χ3v) is 2.05. The van der Waals surface area contributed by atoms with Gasteiger partial charge in [-0.1, -0.05) is 12.1 Å². The minimum Gasteiger partial charge on any atom is -0.335 e. The molecule has 1 heterocycles. The van der Waals surface area contributed by atoms with Crippen LogP contribution in [0.5, 0.6) is 0 Å². The van der Waals surface area contributed by atoms with Gasteiger partial charge in [-0.05, 0) is 18.6 Å². The summed E-state index contributed by atoms with van der Waals surface area (Å²) >= 11 is 0. The molecule has 0 fully saturated rings. The second-order valence-corrected chi connectivity index (χ2v) is 3.11. The fourth-order valence-electron chi connectivity index (χ4n) is 1.34. The van der Waals surface area contributed by atoms with Crippen molar-refractivity contribution in [2.24, 2.45) is 0 Å². The van der Waals surface area contributed by atoms with Crippen LogP contribution in [0.25, 0.3) is 11.0 Å². The molecule has 0 amide bonds. The quantitative estimate of drug-likeness (QED) is 0.673. The fourth-order valence-corrected chi connectivity index (χ4v) is 1.34. The van der Waals surface area contributed by atoms with Gasteiger partial charge in [0.05, 0.1) is 11.0 Å². The minimum atomic E-state index is -0.0319. The lowest BCUT2D eigenvalue weighted by Gasteiger charge is -1.90. The van der Waals surface area contributed by atoms with Gasteiger partial charge in [0, 0.05) is 6.92 Å². The number of ketones is 1. The van der Waals surface area contributed by atoms with Crippen LogP contribution in [-0.4, -0.2) is 15.8 Å². The molecule has 0 aliphatic heterocycles. The first-order valence-electron chi connectivity index (χ1n) is 4.15. The molecule has 0 radical (unpaired) electrons. The van der Waals surface area contributed by atoms with Crippen molar-refractivity contribution < 1.29 is 4.79 Å². The summed E-state index contributed by atoms with van der Waals surface area (Å²) in [6.45, 7) is 3.49. The number of aromatic amines is 1. The summed E-state index contributed by atoms with van der Waals surface area (Å²) in [5.74, 6) is 0.403. The van der Waals surface area contributed by atoms with E-state index in [2.05, 4.69) is 9.97 Å². The monoisotopic (exact) mass is 174 g/mol. The number of Topliss-reactive ketones (excluding diaryl/α,β-unsaturated/α-hetero) is 1. The predicted octanol–water partition coefficient (Wildman–Crippen LogP) is 2.07. The molecule has 0 aliphatic carbocycles. The van der Waals surface area contributed by atoms with E-state index in [4.69, 9.17) is 0 Å². The number of para-hydroxylation sites is 1. The standard InChI is InChI=1S/C10H10N2O/c1-6-4-3-5-8-9(6)12-10(11-8)7(2)13/h3-5H,1-2H3,(H,11,12). The highest BCUT2D eigenvalue weighted by molar-refractivity contribution is 5.94. The maximum absolute atomic E-state index is 11.0. The van der Waals surface area contributed by atoms with E-state index in [1.165, 1.54) is 6.92 Å². The topological polar surface area (TPSA) is 45.8 Å². The zero-order valence-electron chi connectivity index (χ0n) is 7.59. The number of H-pyrrole nitrogens is 1. The Morgan fingerprint density at radius 3 is 2.85 bits per heavy atom. The number of rotatable bonds is 1. The molecule has 66 valence electrons. The van der Waals surface area contributed by atoms with Crippen LogP contribution in [0.2, 0.25) is 0 Å². The van der Waals surface area contributed by atoms with Gasteiger partial charge in [-0.25, -0.2) is 4.98 Å². The molecule has 0 unspecified atom stereocenters. The Bertz CT molecular complexity index is 471. The predicted molar refractivity (Wildman–Crippen MR) is 50.8 cm³/mol. The summed E-state index contributed by atoms with van der Waals surface area (Å²) in [5.41, 5.74) is 2.89. The summed E-state index contributed by atoms with van der Waals surface area (Å²) in [7, 11) is 0. The average molecular weight is 174 g/mol. The Balaban J connectivity index is 2.75. The number of aryl methyl sites for hydroxylation is 1. The number of nitrogens with zero attached hydrogens (tertiary/aromatic N) is 1. The fraction of sp³-hybridized carbons (Fsp3) is 0.200. The largest absolute Gasteiger partial charge is 0.335 e. The van der Waals surface area contributed by atoms with Crippen molar-refractivity contribution in [3.05, 3.63) is 29.6 Å². The molecule has 0 aliphatic rings. The minimum absolute atomic E-state index is 0.0319. The van der Waals surface area contributed by atoms with Crippen molar-refractivity contribution >= 4 is 16.8 Å². The third kappa shape index (κ3) is 1.22. The number of hydrogen-bond donors (Lipinski definition) is 1. The Kier molecular flexibility index (Phi) is 1.65. The lowest BCUT2D eigenvalue weighted by Crippen LogP contribution is -1.93. The van der Waals surface area contributed by atoms with Crippen LogP contribution in [0, 0.1) is 6.92 Å². The molecule has 3 heteroatoms. The highest BCUT2D eigenvalue weighted by atomic mass is 16.1. The number of carbonyl (C=O) groups excluding carboxylic acids is 1.